The van der Waals surface area contributed by atoms with Gasteiger partial charge < -0.3 is 9.64 Å². The number of nitrogens with zero attached hydrogens (tertiary/aromatic N) is 2. The van der Waals surface area contributed by atoms with Gasteiger partial charge in [0.25, 0.3) is 0 Å². The van der Waals surface area contributed by atoms with Crippen molar-refractivity contribution >= 4 is 12.0 Å². The summed E-state index contributed by atoms with van der Waals surface area (Å²) in [6.07, 6.45) is -0.421. The van der Waals surface area contributed by atoms with Gasteiger partial charge in [0.15, 0.2) is 0 Å². The zero-order valence-corrected chi connectivity index (χ0v) is 8.82. The van der Waals surface area contributed by atoms with Gasteiger partial charge in [0.05, 0.1) is 0 Å². The number of rotatable bonds is 3. The molecule has 1 aliphatic heterocycles. The largest absolute Gasteiger partial charge is 0.447 e. The molecule has 2 amide bonds. The van der Waals surface area contributed by atoms with Crippen molar-refractivity contribution in [2.24, 2.45) is 0 Å². The van der Waals surface area contributed by atoms with Crippen molar-refractivity contribution < 1.29 is 14.3 Å². The summed E-state index contributed by atoms with van der Waals surface area (Å²) in [6, 6.07) is -0.442. The normalized spacial score (nSPS) is 20.9. The van der Waals surface area contributed by atoms with E-state index in [-0.39, 0.29) is 12.5 Å². The van der Waals surface area contributed by atoms with Crippen LogP contribution in [0.25, 0.3) is 0 Å². The smallest absolute Gasteiger partial charge is 0.410 e. The third-order valence-electron chi connectivity index (χ3n) is 2.48. The van der Waals surface area contributed by atoms with Crippen LogP contribution in [0.2, 0.25) is 0 Å². The topological polar surface area (TPSA) is 49.9 Å². The summed E-state index contributed by atoms with van der Waals surface area (Å²) in [7, 11) is 1.58. The van der Waals surface area contributed by atoms with Gasteiger partial charge in [0, 0.05) is 20.1 Å². The Hall–Kier alpha value is -1.26. The Morgan fingerprint density at radius 1 is 1.57 bits per heavy atom. The second-order valence-corrected chi connectivity index (χ2v) is 3.21. The summed E-state index contributed by atoms with van der Waals surface area (Å²) >= 11 is 0. The molecular weight excluding hydrogens is 184 g/mol. The minimum atomic E-state index is -0.442. The molecule has 1 atom stereocenters. The van der Waals surface area contributed by atoms with Crippen LogP contribution in [0.1, 0.15) is 13.8 Å². The summed E-state index contributed by atoms with van der Waals surface area (Å²) in [6.45, 7) is 5.32. The van der Waals surface area contributed by atoms with Crippen molar-refractivity contribution in [3.05, 3.63) is 0 Å². The van der Waals surface area contributed by atoms with Crippen molar-refractivity contribution in [1.82, 2.24) is 9.80 Å². The third-order valence-corrected chi connectivity index (χ3v) is 2.48. The Morgan fingerprint density at radius 2 is 2.14 bits per heavy atom. The SMILES string of the molecule is CCN(CC)C(=O)C1COC(=O)N1C. The number of carbonyl (C=O) groups is 2. The van der Waals surface area contributed by atoms with Crippen molar-refractivity contribution in [2.45, 2.75) is 19.9 Å². The lowest BCUT2D eigenvalue weighted by atomic mass is 10.2. The minimum absolute atomic E-state index is 0.0386. The molecule has 0 saturated carbocycles. The fraction of sp³-hybridized carbons (Fsp3) is 0.778. The van der Waals surface area contributed by atoms with Crippen LogP contribution in [-0.2, 0) is 9.53 Å². The number of hydrogen-bond donors (Lipinski definition) is 0. The molecule has 14 heavy (non-hydrogen) atoms. The van der Waals surface area contributed by atoms with E-state index in [1.165, 1.54) is 4.90 Å². The molecular formula is C9H16N2O3. The molecule has 0 radical (unpaired) electrons. The Balaban J connectivity index is 2.65. The lowest BCUT2D eigenvalue weighted by Crippen LogP contribution is -2.46. The fourth-order valence-electron chi connectivity index (χ4n) is 1.47. The van der Waals surface area contributed by atoms with Gasteiger partial charge in [0.1, 0.15) is 12.6 Å². The van der Waals surface area contributed by atoms with Gasteiger partial charge in [0.2, 0.25) is 5.91 Å². The maximum Gasteiger partial charge on any atom is 0.410 e. The van der Waals surface area contributed by atoms with Gasteiger partial charge in [-0.2, -0.15) is 0 Å². The monoisotopic (exact) mass is 200 g/mol. The van der Waals surface area contributed by atoms with Crippen LogP contribution < -0.4 is 0 Å². The van der Waals surface area contributed by atoms with Crippen LogP contribution >= 0.6 is 0 Å². The lowest BCUT2D eigenvalue weighted by molar-refractivity contribution is -0.134. The Labute approximate surface area is 83.6 Å². The molecule has 0 aromatic rings. The maximum atomic E-state index is 11.8. The molecule has 1 fully saturated rings. The molecule has 1 rings (SSSR count). The molecule has 80 valence electrons. The molecule has 1 saturated heterocycles. The van der Waals surface area contributed by atoms with Crippen molar-refractivity contribution in [3.8, 4) is 0 Å². The highest BCUT2D eigenvalue weighted by molar-refractivity contribution is 5.87. The molecule has 0 bridgehead atoms. The molecule has 0 aromatic heterocycles. The average molecular weight is 200 g/mol. The number of carbonyl (C=O) groups excluding carboxylic acids is 2. The molecule has 1 heterocycles. The quantitative estimate of drug-likeness (QED) is 0.658. The molecule has 0 aromatic carbocycles. The molecule has 0 N–H and O–H groups in total. The van der Waals surface area contributed by atoms with Gasteiger partial charge in [-0.25, -0.2) is 4.79 Å². The summed E-state index contributed by atoms with van der Waals surface area (Å²) in [5.41, 5.74) is 0. The summed E-state index contributed by atoms with van der Waals surface area (Å²) in [4.78, 5) is 25.9. The summed E-state index contributed by atoms with van der Waals surface area (Å²) in [5.74, 6) is -0.0386. The first-order valence-corrected chi connectivity index (χ1v) is 4.80. The van der Waals surface area contributed by atoms with Gasteiger partial charge in [-0.15, -0.1) is 0 Å². The second-order valence-electron chi connectivity index (χ2n) is 3.21. The molecule has 5 nitrogen and oxygen atoms in total. The molecule has 1 aliphatic rings. The first kappa shape index (κ1) is 10.8. The van der Waals surface area contributed by atoms with E-state index >= 15 is 0 Å². The third kappa shape index (κ3) is 1.81. The number of cyclic esters (lactones) is 1. The number of ether oxygens (including phenoxy) is 1. The van der Waals surface area contributed by atoms with E-state index in [0.29, 0.717) is 13.1 Å². The Bertz CT molecular complexity index is 238. The second kappa shape index (κ2) is 4.30. The zero-order valence-electron chi connectivity index (χ0n) is 8.82. The van der Waals surface area contributed by atoms with Crippen LogP contribution in [-0.4, -0.2) is 54.6 Å². The molecule has 0 spiro atoms. The van der Waals surface area contributed by atoms with Gasteiger partial charge >= 0.3 is 6.09 Å². The first-order valence-electron chi connectivity index (χ1n) is 4.80. The van der Waals surface area contributed by atoms with E-state index in [0.717, 1.165) is 0 Å². The highest BCUT2D eigenvalue weighted by Crippen LogP contribution is 2.12. The summed E-state index contributed by atoms with van der Waals surface area (Å²) < 4.78 is 4.78. The minimum Gasteiger partial charge on any atom is -0.447 e. The summed E-state index contributed by atoms with van der Waals surface area (Å²) in [5, 5.41) is 0. The highest BCUT2D eigenvalue weighted by Gasteiger charge is 2.36. The van der Waals surface area contributed by atoms with Crippen LogP contribution in [0.3, 0.4) is 0 Å². The number of likely N-dealkylation sites (N-methyl/N-ethyl adjacent to an activating group) is 2. The van der Waals surface area contributed by atoms with E-state index < -0.39 is 12.1 Å². The van der Waals surface area contributed by atoms with Crippen LogP contribution in [0.5, 0.6) is 0 Å². The van der Waals surface area contributed by atoms with Gasteiger partial charge in [-0.3, -0.25) is 9.69 Å². The predicted molar refractivity (Wildman–Crippen MR) is 50.8 cm³/mol. The Kier molecular flexibility index (Phi) is 3.33. The number of hydrogen-bond acceptors (Lipinski definition) is 3. The van der Waals surface area contributed by atoms with Crippen LogP contribution in [0.4, 0.5) is 4.79 Å². The van der Waals surface area contributed by atoms with Gasteiger partial charge in [-0.1, -0.05) is 0 Å². The van der Waals surface area contributed by atoms with Crippen LogP contribution in [0, 0.1) is 0 Å². The Morgan fingerprint density at radius 3 is 2.50 bits per heavy atom. The average Bonchev–Trinajstić information content (AvgIpc) is 2.49. The molecule has 5 heteroatoms. The fourth-order valence-corrected chi connectivity index (χ4v) is 1.47. The van der Waals surface area contributed by atoms with Crippen molar-refractivity contribution in [3.63, 3.8) is 0 Å². The maximum absolute atomic E-state index is 11.8. The van der Waals surface area contributed by atoms with Crippen molar-refractivity contribution in [2.75, 3.05) is 26.7 Å². The van der Waals surface area contributed by atoms with E-state index in [9.17, 15) is 9.59 Å². The van der Waals surface area contributed by atoms with E-state index in [1.807, 2.05) is 13.8 Å². The van der Waals surface area contributed by atoms with E-state index in [2.05, 4.69) is 0 Å². The predicted octanol–water partition coefficient (Wildman–Crippen LogP) is 0.305. The van der Waals surface area contributed by atoms with Crippen molar-refractivity contribution in [1.29, 1.82) is 0 Å². The first-order chi connectivity index (χ1) is 6.61. The molecule has 1 unspecified atom stereocenters. The van der Waals surface area contributed by atoms with E-state index in [4.69, 9.17) is 4.74 Å². The van der Waals surface area contributed by atoms with Gasteiger partial charge in [-0.05, 0) is 13.8 Å². The highest BCUT2D eigenvalue weighted by atomic mass is 16.6. The lowest BCUT2D eigenvalue weighted by Gasteiger charge is -2.24. The van der Waals surface area contributed by atoms with E-state index in [1.54, 1.807) is 11.9 Å². The van der Waals surface area contributed by atoms with Crippen LogP contribution in [0.15, 0.2) is 0 Å². The standard InChI is InChI=1S/C9H16N2O3/c1-4-11(5-2)8(12)7-6-14-9(13)10(7)3/h7H,4-6H2,1-3H3. The zero-order chi connectivity index (χ0) is 10.7. The number of amides is 2. The molecule has 0 aliphatic carbocycles.